The van der Waals surface area contributed by atoms with Gasteiger partial charge in [-0.2, -0.15) is 0 Å². The van der Waals surface area contributed by atoms with Crippen molar-refractivity contribution in [2.45, 2.75) is 26.2 Å². The largest absolute Gasteiger partial charge is 0.373 e. The molecule has 66 valence electrons. The lowest BCUT2D eigenvalue weighted by Crippen LogP contribution is -2.14. The standard InChI is InChI=1S/C10H16N2/c1-10(2,3)8-6-5-7-12-9(8)11-4/h5-7H,1-4H3,(H,11,12). The van der Waals surface area contributed by atoms with E-state index in [1.807, 2.05) is 13.1 Å². The zero-order valence-corrected chi connectivity index (χ0v) is 8.18. The first-order valence-electron chi connectivity index (χ1n) is 4.19. The predicted molar refractivity (Wildman–Crippen MR) is 52.5 cm³/mol. The van der Waals surface area contributed by atoms with Gasteiger partial charge in [0.05, 0.1) is 0 Å². The van der Waals surface area contributed by atoms with Crippen LogP contribution in [0.5, 0.6) is 0 Å². The molecule has 0 aliphatic heterocycles. The van der Waals surface area contributed by atoms with E-state index in [9.17, 15) is 0 Å². The highest BCUT2D eigenvalue weighted by Crippen LogP contribution is 2.26. The summed E-state index contributed by atoms with van der Waals surface area (Å²) in [5.74, 6) is 0.977. The van der Waals surface area contributed by atoms with Crippen LogP contribution < -0.4 is 5.32 Å². The maximum absolute atomic E-state index is 4.25. The maximum Gasteiger partial charge on any atom is 0.129 e. The third-order valence-corrected chi connectivity index (χ3v) is 1.85. The molecule has 0 radical (unpaired) electrons. The second-order valence-corrected chi connectivity index (χ2v) is 3.90. The molecule has 2 heteroatoms. The number of hydrogen-bond donors (Lipinski definition) is 1. The molecule has 1 heterocycles. The quantitative estimate of drug-likeness (QED) is 0.689. The lowest BCUT2D eigenvalue weighted by molar-refractivity contribution is 0.589. The molecule has 0 unspecified atom stereocenters. The van der Waals surface area contributed by atoms with Crippen molar-refractivity contribution in [1.82, 2.24) is 4.98 Å². The van der Waals surface area contributed by atoms with Crippen LogP contribution in [0.3, 0.4) is 0 Å². The highest BCUT2D eigenvalue weighted by Gasteiger charge is 2.17. The first-order chi connectivity index (χ1) is 5.55. The predicted octanol–water partition coefficient (Wildman–Crippen LogP) is 2.42. The summed E-state index contributed by atoms with van der Waals surface area (Å²) < 4.78 is 0. The summed E-state index contributed by atoms with van der Waals surface area (Å²) in [6.45, 7) is 6.56. The normalized spacial score (nSPS) is 11.3. The Labute approximate surface area is 74.0 Å². The van der Waals surface area contributed by atoms with Gasteiger partial charge in [0.1, 0.15) is 5.82 Å². The van der Waals surface area contributed by atoms with Gasteiger partial charge in [-0.15, -0.1) is 0 Å². The van der Waals surface area contributed by atoms with Gasteiger partial charge in [0, 0.05) is 13.2 Å². The zero-order valence-electron chi connectivity index (χ0n) is 8.18. The van der Waals surface area contributed by atoms with Crippen LogP contribution in [0.2, 0.25) is 0 Å². The fraction of sp³-hybridized carbons (Fsp3) is 0.500. The van der Waals surface area contributed by atoms with Crippen LogP contribution in [-0.4, -0.2) is 12.0 Å². The Kier molecular flexibility index (Phi) is 2.36. The topological polar surface area (TPSA) is 24.9 Å². The molecule has 0 amide bonds. The van der Waals surface area contributed by atoms with Crippen molar-refractivity contribution < 1.29 is 0 Å². The van der Waals surface area contributed by atoms with Crippen LogP contribution in [0.4, 0.5) is 5.82 Å². The highest BCUT2D eigenvalue weighted by molar-refractivity contribution is 5.46. The van der Waals surface area contributed by atoms with Gasteiger partial charge in [0.25, 0.3) is 0 Å². The van der Waals surface area contributed by atoms with Crippen molar-refractivity contribution in [3.05, 3.63) is 23.9 Å². The number of pyridine rings is 1. The van der Waals surface area contributed by atoms with Crippen molar-refractivity contribution >= 4 is 5.82 Å². The van der Waals surface area contributed by atoms with Crippen molar-refractivity contribution in [2.24, 2.45) is 0 Å². The summed E-state index contributed by atoms with van der Waals surface area (Å²) in [6.07, 6.45) is 1.81. The van der Waals surface area contributed by atoms with Gasteiger partial charge in [-0.1, -0.05) is 26.8 Å². The number of hydrogen-bond acceptors (Lipinski definition) is 2. The minimum atomic E-state index is 0.159. The second kappa shape index (κ2) is 3.13. The molecule has 2 nitrogen and oxygen atoms in total. The third-order valence-electron chi connectivity index (χ3n) is 1.85. The minimum absolute atomic E-state index is 0.159. The SMILES string of the molecule is CNc1ncccc1C(C)(C)C. The summed E-state index contributed by atoms with van der Waals surface area (Å²) in [5, 5.41) is 3.09. The van der Waals surface area contributed by atoms with Crippen LogP contribution in [0, 0.1) is 0 Å². The molecule has 1 N–H and O–H groups in total. The molecule has 0 atom stereocenters. The van der Waals surface area contributed by atoms with E-state index in [2.05, 4.69) is 37.1 Å². The third kappa shape index (κ3) is 1.76. The molecule has 1 rings (SSSR count). The lowest BCUT2D eigenvalue weighted by atomic mass is 9.87. The number of nitrogens with zero attached hydrogens (tertiary/aromatic N) is 1. The molecular formula is C10H16N2. The van der Waals surface area contributed by atoms with E-state index in [4.69, 9.17) is 0 Å². The lowest BCUT2D eigenvalue weighted by Gasteiger charge is -2.21. The van der Waals surface area contributed by atoms with Crippen molar-refractivity contribution in [1.29, 1.82) is 0 Å². The Morgan fingerprint density at radius 2 is 2.00 bits per heavy atom. The smallest absolute Gasteiger partial charge is 0.129 e. The first kappa shape index (κ1) is 9.04. The maximum atomic E-state index is 4.25. The number of nitrogens with one attached hydrogen (secondary N) is 1. The van der Waals surface area contributed by atoms with Crippen molar-refractivity contribution in [3.8, 4) is 0 Å². The Morgan fingerprint density at radius 3 is 2.42 bits per heavy atom. The molecular weight excluding hydrogens is 148 g/mol. The van der Waals surface area contributed by atoms with E-state index in [0.29, 0.717) is 0 Å². The molecule has 0 aliphatic carbocycles. The Balaban J connectivity index is 3.14. The van der Waals surface area contributed by atoms with Gasteiger partial charge in [-0.25, -0.2) is 4.98 Å². The molecule has 0 saturated carbocycles. The van der Waals surface area contributed by atoms with Crippen molar-refractivity contribution in [3.63, 3.8) is 0 Å². The molecule has 1 aromatic rings. The number of anilines is 1. The molecule has 0 saturated heterocycles. The Hall–Kier alpha value is -1.05. The first-order valence-corrected chi connectivity index (χ1v) is 4.19. The van der Waals surface area contributed by atoms with Gasteiger partial charge in [0.15, 0.2) is 0 Å². The van der Waals surface area contributed by atoms with E-state index < -0.39 is 0 Å². The van der Waals surface area contributed by atoms with E-state index in [1.54, 1.807) is 6.20 Å². The zero-order chi connectivity index (χ0) is 9.19. The molecule has 0 spiro atoms. The number of rotatable bonds is 1. The van der Waals surface area contributed by atoms with Crippen LogP contribution in [0.1, 0.15) is 26.3 Å². The summed E-state index contributed by atoms with van der Waals surface area (Å²) in [4.78, 5) is 4.25. The fourth-order valence-electron chi connectivity index (χ4n) is 1.21. The molecule has 0 fully saturated rings. The van der Waals surface area contributed by atoms with Crippen LogP contribution in [0.15, 0.2) is 18.3 Å². The second-order valence-electron chi connectivity index (χ2n) is 3.90. The Bertz CT molecular complexity index is 261. The molecule has 0 bridgehead atoms. The highest BCUT2D eigenvalue weighted by atomic mass is 15.0. The molecule has 12 heavy (non-hydrogen) atoms. The molecule has 0 aliphatic rings. The van der Waals surface area contributed by atoms with Gasteiger partial charge in [-0.05, 0) is 17.0 Å². The van der Waals surface area contributed by atoms with Crippen LogP contribution in [-0.2, 0) is 5.41 Å². The van der Waals surface area contributed by atoms with E-state index in [1.165, 1.54) is 5.56 Å². The summed E-state index contributed by atoms with van der Waals surface area (Å²) in [6, 6.07) is 4.08. The minimum Gasteiger partial charge on any atom is -0.373 e. The van der Waals surface area contributed by atoms with E-state index >= 15 is 0 Å². The van der Waals surface area contributed by atoms with Gasteiger partial charge < -0.3 is 5.32 Å². The monoisotopic (exact) mass is 164 g/mol. The van der Waals surface area contributed by atoms with Gasteiger partial charge >= 0.3 is 0 Å². The van der Waals surface area contributed by atoms with Crippen molar-refractivity contribution in [2.75, 3.05) is 12.4 Å². The van der Waals surface area contributed by atoms with E-state index in [0.717, 1.165) is 5.82 Å². The van der Waals surface area contributed by atoms with Crippen LogP contribution in [0.25, 0.3) is 0 Å². The Morgan fingerprint density at radius 1 is 1.33 bits per heavy atom. The summed E-state index contributed by atoms with van der Waals surface area (Å²) >= 11 is 0. The van der Waals surface area contributed by atoms with Gasteiger partial charge in [-0.3, -0.25) is 0 Å². The average Bonchev–Trinajstić information content (AvgIpc) is 2.03. The average molecular weight is 164 g/mol. The summed E-state index contributed by atoms with van der Waals surface area (Å²) in [5.41, 5.74) is 1.42. The fourth-order valence-corrected chi connectivity index (χ4v) is 1.21. The molecule has 1 aromatic heterocycles. The summed E-state index contributed by atoms with van der Waals surface area (Å²) in [7, 11) is 1.90. The molecule has 0 aromatic carbocycles. The van der Waals surface area contributed by atoms with Gasteiger partial charge in [0.2, 0.25) is 0 Å². The van der Waals surface area contributed by atoms with E-state index in [-0.39, 0.29) is 5.41 Å². The number of aromatic nitrogens is 1. The van der Waals surface area contributed by atoms with Crippen LogP contribution >= 0.6 is 0 Å².